The number of hydrogen-bond donors (Lipinski definition) is 0. The summed E-state index contributed by atoms with van der Waals surface area (Å²) in [4.78, 5) is 11.8. The Morgan fingerprint density at radius 1 is 1.18 bits per heavy atom. The lowest BCUT2D eigenvalue weighted by Gasteiger charge is -2.17. The molecule has 0 aliphatic rings. The molecule has 0 atom stereocenters. The van der Waals surface area contributed by atoms with Crippen LogP contribution in [0.25, 0.3) is 0 Å². The number of ether oxygens (including phenoxy) is 1. The average molecular weight is 234 g/mol. The summed E-state index contributed by atoms with van der Waals surface area (Å²) in [5.74, 6) is 0.530. The van der Waals surface area contributed by atoms with Crippen molar-refractivity contribution in [2.45, 2.75) is 48.0 Å². The van der Waals surface area contributed by atoms with E-state index in [4.69, 9.17) is 4.74 Å². The van der Waals surface area contributed by atoms with E-state index in [9.17, 15) is 4.79 Å². The lowest BCUT2D eigenvalue weighted by Crippen LogP contribution is -2.18. The van der Waals surface area contributed by atoms with Crippen molar-refractivity contribution in [3.05, 3.63) is 28.8 Å². The smallest absolute Gasteiger partial charge is 0.311 e. The maximum Gasteiger partial charge on any atom is 0.311 e. The van der Waals surface area contributed by atoms with E-state index >= 15 is 0 Å². The Labute approximate surface area is 104 Å². The van der Waals surface area contributed by atoms with Crippen LogP contribution in [-0.2, 0) is 4.79 Å². The molecule has 1 aromatic rings. The molecule has 94 valence electrons. The molecule has 1 aromatic carbocycles. The van der Waals surface area contributed by atoms with E-state index in [1.165, 1.54) is 0 Å². The van der Waals surface area contributed by atoms with Gasteiger partial charge < -0.3 is 4.74 Å². The number of hydrogen-bond acceptors (Lipinski definition) is 2. The third-order valence-corrected chi connectivity index (χ3v) is 2.66. The molecule has 0 aromatic heterocycles. The second-order valence-electron chi connectivity index (χ2n) is 5.92. The molecule has 0 saturated carbocycles. The first-order valence-corrected chi connectivity index (χ1v) is 5.97. The van der Waals surface area contributed by atoms with E-state index in [0.717, 1.165) is 16.7 Å². The third-order valence-electron chi connectivity index (χ3n) is 2.66. The van der Waals surface area contributed by atoms with Crippen molar-refractivity contribution in [1.82, 2.24) is 0 Å². The van der Waals surface area contributed by atoms with Crippen LogP contribution in [0.2, 0.25) is 0 Å². The van der Waals surface area contributed by atoms with Crippen molar-refractivity contribution in [3.8, 4) is 5.75 Å². The summed E-state index contributed by atoms with van der Waals surface area (Å²) in [6, 6.07) is 4.01. The van der Waals surface area contributed by atoms with Gasteiger partial charge in [0.05, 0.1) is 6.42 Å². The fourth-order valence-electron chi connectivity index (χ4n) is 1.70. The predicted molar refractivity (Wildman–Crippen MR) is 70.4 cm³/mol. The maximum atomic E-state index is 11.8. The van der Waals surface area contributed by atoms with E-state index in [1.807, 2.05) is 47.6 Å². The van der Waals surface area contributed by atoms with Crippen LogP contribution in [0.5, 0.6) is 5.75 Å². The van der Waals surface area contributed by atoms with E-state index in [2.05, 4.69) is 6.07 Å². The van der Waals surface area contributed by atoms with E-state index in [0.29, 0.717) is 12.2 Å². The largest absolute Gasteiger partial charge is 0.426 e. The second-order valence-corrected chi connectivity index (χ2v) is 5.92. The molecule has 0 aliphatic carbocycles. The van der Waals surface area contributed by atoms with Crippen LogP contribution in [0.15, 0.2) is 12.1 Å². The molecule has 0 aliphatic heterocycles. The topological polar surface area (TPSA) is 26.3 Å². The lowest BCUT2D eigenvalue weighted by molar-refractivity contribution is -0.136. The van der Waals surface area contributed by atoms with Gasteiger partial charge in [-0.05, 0) is 48.9 Å². The molecule has 0 bridgehead atoms. The summed E-state index contributed by atoms with van der Waals surface area (Å²) in [6.45, 7) is 12.1. The highest BCUT2D eigenvalue weighted by Gasteiger charge is 2.18. The summed E-state index contributed by atoms with van der Waals surface area (Å²) in [5, 5.41) is 0. The molecule has 1 rings (SSSR count). The minimum atomic E-state index is -0.161. The van der Waals surface area contributed by atoms with Gasteiger partial charge in [0.25, 0.3) is 0 Å². The summed E-state index contributed by atoms with van der Waals surface area (Å²) in [6.07, 6.45) is 0.430. The van der Waals surface area contributed by atoms with Gasteiger partial charge in [0.15, 0.2) is 0 Å². The average Bonchev–Trinajstić information content (AvgIpc) is 2.10. The summed E-state index contributed by atoms with van der Waals surface area (Å²) in [7, 11) is 0. The Hall–Kier alpha value is -1.31. The molecule has 0 radical (unpaired) electrons. The van der Waals surface area contributed by atoms with Crippen LogP contribution >= 0.6 is 0 Å². The monoisotopic (exact) mass is 234 g/mol. The minimum absolute atomic E-state index is 0.0378. The number of carbonyl (C=O) groups excluding carboxylic acids is 1. The Morgan fingerprint density at radius 2 is 1.76 bits per heavy atom. The van der Waals surface area contributed by atoms with Crippen LogP contribution in [0.1, 0.15) is 43.9 Å². The highest BCUT2D eigenvalue weighted by molar-refractivity contribution is 5.73. The van der Waals surface area contributed by atoms with Gasteiger partial charge in [-0.2, -0.15) is 0 Å². The highest BCUT2D eigenvalue weighted by Crippen LogP contribution is 2.25. The third kappa shape index (κ3) is 4.22. The summed E-state index contributed by atoms with van der Waals surface area (Å²) in [5.41, 5.74) is 3.28. The van der Waals surface area contributed by atoms with Crippen LogP contribution < -0.4 is 4.74 Å². The number of aryl methyl sites for hydroxylation is 2. The number of carbonyl (C=O) groups is 1. The van der Waals surface area contributed by atoms with Crippen LogP contribution in [0, 0.1) is 26.2 Å². The molecule has 17 heavy (non-hydrogen) atoms. The van der Waals surface area contributed by atoms with Gasteiger partial charge in [0.1, 0.15) is 5.75 Å². The molecule has 0 fully saturated rings. The highest BCUT2D eigenvalue weighted by atomic mass is 16.5. The molecule has 0 unspecified atom stereocenters. The zero-order valence-electron chi connectivity index (χ0n) is 11.7. The predicted octanol–water partition coefficient (Wildman–Crippen LogP) is 3.95. The van der Waals surface area contributed by atoms with Crippen LogP contribution in [0.3, 0.4) is 0 Å². The van der Waals surface area contributed by atoms with Crippen LogP contribution in [-0.4, -0.2) is 5.97 Å². The van der Waals surface area contributed by atoms with Crippen molar-refractivity contribution >= 4 is 5.97 Å². The van der Waals surface area contributed by atoms with E-state index < -0.39 is 0 Å². The molecule has 0 spiro atoms. The SMILES string of the molecule is Cc1cc(C)c(C)c(OC(=O)CC(C)(C)C)c1. The molecular weight excluding hydrogens is 212 g/mol. The Kier molecular flexibility index (Phi) is 3.97. The van der Waals surface area contributed by atoms with Gasteiger partial charge in [-0.15, -0.1) is 0 Å². The quantitative estimate of drug-likeness (QED) is 0.572. The number of rotatable bonds is 2. The first-order valence-electron chi connectivity index (χ1n) is 5.97. The molecule has 2 nitrogen and oxygen atoms in total. The molecule has 0 N–H and O–H groups in total. The van der Waals surface area contributed by atoms with Crippen molar-refractivity contribution in [3.63, 3.8) is 0 Å². The van der Waals surface area contributed by atoms with Crippen molar-refractivity contribution in [1.29, 1.82) is 0 Å². The molecule has 2 heteroatoms. The Morgan fingerprint density at radius 3 is 2.29 bits per heavy atom. The minimum Gasteiger partial charge on any atom is -0.426 e. The zero-order chi connectivity index (χ0) is 13.2. The van der Waals surface area contributed by atoms with Gasteiger partial charge in [-0.3, -0.25) is 4.79 Å². The zero-order valence-corrected chi connectivity index (χ0v) is 11.7. The van der Waals surface area contributed by atoms with Gasteiger partial charge in [-0.25, -0.2) is 0 Å². The van der Waals surface area contributed by atoms with Gasteiger partial charge in [0, 0.05) is 0 Å². The summed E-state index contributed by atoms with van der Waals surface area (Å²) >= 11 is 0. The molecule has 0 heterocycles. The van der Waals surface area contributed by atoms with Crippen molar-refractivity contribution in [2.75, 3.05) is 0 Å². The standard InChI is InChI=1S/C15H22O2/c1-10-7-11(2)12(3)13(8-10)17-14(16)9-15(4,5)6/h7-8H,9H2,1-6H3. The normalized spacial score (nSPS) is 11.4. The Bertz CT molecular complexity index is 425. The lowest BCUT2D eigenvalue weighted by atomic mass is 9.92. The molecular formula is C15H22O2. The summed E-state index contributed by atoms with van der Waals surface area (Å²) < 4.78 is 5.44. The second kappa shape index (κ2) is 4.91. The maximum absolute atomic E-state index is 11.8. The van der Waals surface area contributed by atoms with E-state index in [-0.39, 0.29) is 11.4 Å². The number of esters is 1. The van der Waals surface area contributed by atoms with Crippen molar-refractivity contribution in [2.24, 2.45) is 5.41 Å². The first-order chi connectivity index (χ1) is 7.69. The fraction of sp³-hybridized carbons (Fsp3) is 0.533. The van der Waals surface area contributed by atoms with Gasteiger partial charge in [-0.1, -0.05) is 26.8 Å². The molecule has 0 amide bonds. The van der Waals surface area contributed by atoms with Gasteiger partial charge in [0.2, 0.25) is 0 Å². The molecule has 0 saturated heterocycles. The first kappa shape index (κ1) is 13.8. The van der Waals surface area contributed by atoms with Crippen LogP contribution in [0.4, 0.5) is 0 Å². The fourth-order valence-corrected chi connectivity index (χ4v) is 1.70. The number of benzene rings is 1. The Balaban J connectivity index is 2.85. The van der Waals surface area contributed by atoms with Crippen molar-refractivity contribution < 1.29 is 9.53 Å². The van der Waals surface area contributed by atoms with E-state index in [1.54, 1.807) is 0 Å². The van der Waals surface area contributed by atoms with Gasteiger partial charge >= 0.3 is 5.97 Å².